The molecule has 27 heavy (non-hydrogen) atoms. The molecule has 5 nitrogen and oxygen atoms in total. The number of hydrogen-bond donors (Lipinski definition) is 1. The van der Waals surface area contributed by atoms with Crippen LogP contribution in [0.5, 0.6) is 5.75 Å². The molecule has 7 heteroatoms. The van der Waals surface area contributed by atoms with Gasteiger partial charge < -0.3 is 14.8 Å². The van der Waals surface area contributed by atoms with E-state index in [1.807, 2.05) is 35.0 Å². The summed E-state index contributed by atoms with van der Waals surface area (Å²) in [5.41, 5.74) is 1.04. The van der Waals surface area contributed by atoms with E-state index in [1.165, 1.54) is 22.7 Å². The minimum Gasteiger partial charge on any atom is -0.497 e. The first kappa shape index (κ1) is 18.9. The number of carbonyl (C=O) groups is 2. The standard InChI is InChI=1S/C20H17NO4S2/c1-24-15-8-6-14(7-9-15)21-19(22)13-25-20(23)17(18-5-3-11-27-18)12-16-4-2-10-26-16/h2-12H,13H2,1H3,(H,21,22). The summed E-state index contributed by atoms with van der Waals surface area (Å²) < 4.78 is 10.3. The number of benzene rings is 1. The van der Waals surface area contributed by atoms with Gasteiger partial charge in [0.1, 0.15) is 5.75 Å². The molecule has 0 saturated carbocycles. The van der Waals surface area contributed by atoms with E-state index in [1.54, 1.807) is 37.5 Å². The van der Waals surface area contributed by atoms with Crippen LogP contribution in [0.1, 0.15) is 9.75 Å². The minimum absolute atomic E-state index is 0.363. The predicted octanol–water partition coefficient (Wildman–Crippen LogP) is 4.54. The maximum absolute atomic E-state index is 12.5. The Morgan fingerprint density at radius 2 is 1.78 bits per heavy atom. The van der Waals surface area contributed by atoms with Gasteiger partial charge >= 0.3 is 5.97 Å². The van der Waals surface area contributed by atoms with Gasteiger partial charge in [-0.15, -0.1) is 22.7 Å². The Kier molecular flexibility index (Phi) is 6.40. The number of methoxy groups -OCH3 is 1. The number of hydrogen-bond acceptors (Lipinski definition) is 6. The average Bonchev–Trinajstić information content (AvgIpc) is 3.38. The molecule has 2 aromatic heterocycles. The lowest BCUT2D eigenvalue weighted by Crippen LogP contribution is -2.21. The van der Waals surface area contributed by atoms with Crippen molar-refractivity contribution in [1.29, 1.82) is 0 Å². The number of carbonyl (C=O) groups excluding carboxylic acids is 2. The van der Waals surface area contributed by atoms with Crippen molar-refractivity contribution in [3.05, 3.63) is 69.0 Å². The van der Waals surface area contributed by atoms with Crippen molar-refractivity contribution in [2.75, 3.05) is 19.0 Å². The van der Waals surface area contributed by atoms with E-state index in [0.29, 0.717) is 17.0 Å². The topological polar surface area (TPSA) is 64.6 Å². The Hall–Kier alpha value is -2.90. The highest BCUT2D eigenvalue weighted by atomic mass is 32.1. The summed E-state index contributed by atoms with van der Waals surface area (Å²) in [7, 11) is 1.57. The Labute approximate surface area is 164 Å². The van der Waals surface area contributed by atoms with Crippen LogP contribution in [0.15, 0.2) is 59.3 Å². The van der Waals surface area contributed by atoms with E-state index in [-0.39, 0.29) is 6.61 Å². The Balaban J connectivity index is 1.62. The predicted molar refractivity (Wildman–Crippen MR) is 109 cm³/mol. The van der Waals surface area contributed by atoms with Crippen LogP contribution in [0.2, 0.25) is 0 Å². The van der Waals surface area contributed by atoms with Crippen LogP contribution >= 0.6 is 22.7 Å². The molecule has 0 atom stereocenters. The third kappa shape index (κ3) is 5.29. The molecular formula is C20H17NO4S2. The molecule has 0 radical (unpaired) electrons. The summed E-state index contributed by atoms with van der Waals surface area (Å²) in [6, 6.07) is 14.5. The van der Waals surface area contributed by atoms with Crippen molar-refractivity contribution in [2.45, 2.75) is 0 Å². The zero-order valence-electron chi connectivity index (χ0n) is 14.5. The number of anilines is 1. The van der Waals surface area contributed by atoms with E-state index in [9.17, 15) is 9.59 Å². The maximum Gasteiger partial charge on any atom is 0.340 e. The molecule has 1 N–H and O–H groups in total. The van der Waals surface area contributed by atoms with E-state index >= 15 is 0 Å². The van der Waals surface area contributed by atoms with Crippen molar-refractivity contribution in [1.82, 2.24) is 0 Å². The molecule has 0 unspecified atom stereocenters. The molecule has 0 bridgehead atoms. The highest BCUT2D eigenvalue weighted by molar-refractivity contribution is 7.12. The summed E-state index contributed by atoms with van der Waals surface area (Å²) in [5, 5.41) is 6.51. The molecule has 138 valence electrons. The fourth-order valence-corrected chi connectivity index (χ4v) is 3.65. The first-order valence-corrected chi connectivity index (χ1v) is 9.82. The number of thiophene rings is 2. The largest absolute Gasteiger partial charge is 0.497 e. The number of amides is 1. The molecule has 1 amide bonds. The van der Waals surface area contributed by atoms with Crippen molar-refractivity contribution in [2.24, 2.45) is 0 Å². The molecule has 0 fully saturated rings. The van der Waals surface area contributed by atoms with E-state index in [2.05, 4.69) is 5.32 Å². The Bertz CT molecular complexity index is 914. The minimum atomic E-state index is -0.532. The van der Waals surface area contributed by atoms with Gasteiger partial charge in [-0.2, -0.15) is 0 Å². The van der Waals surface area contributed by atoms with Crippen LogP contribution in [0.3, 0.4) is 0 Å². The second kappa shape index (κ2) is 9.16. The van der Waals surface area contributed by atoms with Gasteiger partial charge in [0.2, 0.25) is 0 Å². The first-order chi connectivity index (χ1) is 13.2. The maximum atomic E-state index is 12.5. The van der Waals surface area contributed by atoms with E-state index in [0.717, 1.165) is 9.75 Å². The van der Waals surface area contributed by atoms with Crippen molar-refractivity contribution in [3.8, 4) is 5.75 Å². The third-order valence-corrected chi connectivity index (χ3v) is 5.27. The summed E-state index contributed by atoms with van der Waals surface area (Å²) in [5.74, 6) is -0.246. The first-order valence-electron chi connectivity index (χ1n) is 8.06. The molecule has 1 aromatic carbocycles. The fourth-order valence-electron chi connectivity index (χ4n) is 2.26. The van der Waals surface area contributed by atoms with Crippen LogP contribution in [0, 0.1) is 0 Å². The Morgan fingerprint density at radius 1 is 1.04 bits per heavy atom. The summed E-state index contributed by atoms with van der Waals surface area (Å²) in [6.07, 6.45) is 1.78. The summed E-state index contributed by atoms with van der Waals surface area (Å²) in [4.78, 5) is 26.3. The molecule has 2 heterocycles. The van der Waals surface area contributed by atoms with Gasteiger partial charge in [-0.3, -0.25) is 4.79 Å². The zero-order valence-corrected chi connectivity index (χ0v) is 16.1. The molecule has 3 aromatic rings. The van der Waals surface area contributed by atoms with Gasteiger partial charge in [-0.25, -0.2) is 4.79 Å². The molecule has 0 saturated heterocycles. The van der Waals surface area contributed by atoms with Gasteiger partial charge in [0.15, 0.2) is 6.61 Å². The van der Waals surface area contributed by atoms with Crippen LogP contribution < -0.4 is 10.1 Å². The SMILES string of the molecule is COc1ccc(NC(=O)COC(=O)C(=Cc2cccs2)c2cccs2)cc1. The van der Waals surface area contributed by atoms with Gasteiger partial charge in [0, 0.05) is 15.4 Å². The third-order valence-electron chi connectivity index (χ3n) is 3.54. The molecular weight excluding hydrogens is 382 g/mol. The normalized spacial score (nSPS) is 11.1. The second-order valence-electron chi connectivity index (χ2n) is 5.40. The van der Waals surface area contributed by atoms with Crippen LogP contribution in [0.25, 0.3) is 11.6 Å². The van der Waals surface area contributed by atoms with Crippen LogP contribution in [0.4, 0.5) is 5.69 Å². The fraction of sp³-hybridized carbons (Fsp3) is 0.100. The summed E-state index contributed by atoms with van der Waals surface area (Å²) in [6.45, 7) is -0.363. The molecule has 0 aliphatic heterocycles. The lowest BCUT2D eigenvalue weighted by molar-refractivity contribution is -0.141. The van der Waals surface area contributed by atoms with Gasteiger partial charge in [0.25, 0.3) is 5.91 Å². The summed E-state index contributed by atoms with van der Waals surface area (Å²) >= 11 is 2.97. The molecule has 3 rings (SSSR count). The van der Waals surface area contributed by atoms with Crippen molar-refractivity contribution in [3.63, 3.8) is 0 Å². The monoisotopic (exact) mass is 399 g/mol. The van der Waals surface area contributed by atoms with Gasteiger partial charge in [0.05, 0.1) is 12.7 Å². The number of esters is 1. The lowest BCUT2D eigenvalue weighted by Gasteiger charge is -2.08. The highest BCUT2D eigenvalue weighted by Gasteiger charge is 2.17. The van der Waals surface area contributed by atoms with Crippen LogP contribution in [-0.4, -0.2) is 25.6 Å². The molecule has 0 aliphatic rings. The second-order valence-corrected chi connectivity index (χ2v) is 7.33. The average molecular weight is 399 g/mol. The van der Waals surface area contributed by atoms with E-state index < -0.39 is 11.9 Å². The van der Waals surface area contributed by atoms with Crippen molar-refractivity contribution < 1.29 is 19.1 Å². The van der Waals surface area contributed by atoms with E-state index in [4.69, 9.17) is 9.47 Å². The number of nitrogens with one attached hydrogen (secondary N) is 1. The number of ether oxygens (including phenoxy) is 2. The zero-order chi connectivity index (χ0) is 19.1. The lowest BCUT2D eigenvalue weighted by atomic mass is 10.2. The number of rotatable bonds is 7. The van der Waals surface area contributed by atoms with Crippen molar-refractivity contribution >= 4 is 51.9 Å². The highest BCUT2D eigenvalue weighted by Crippen LogP contribution is 2.25. The van der Waals surface area contributed by atoms with Crippen LogP contribution in [-0.2, 0) is 14.3 Å². The molecule has 0 aliphatic carbocycles. The Morgan fingerprint density at radius 3 is 2.41 bits per heavy atom. The van der Waals surface area contributed by atoms with Gasteiger partial charge in [-0.05, 0) is 53.2 Å². The molecule has 0 spiro atoms. The quantitative estimate of drug-likeness (QED) is 0.468. The van der Waals surface area contributed by atoms with Gasteiger partial charge in [-0.1, -0.05) is 12.1 Å². The smallest absolute Gasteiger partial charge is 0.340 e.